The highest BCUT2D eigenvalue weighted by molar-refractivity contribution is 7.12. The van der Waals surface area contributed by atoms with E-state index in [0.717, 1.165) is 16.4 Å². The lowest BCUT2D eigenvalue weighted by atomic mass is 9.98. The number of thiazole rings is 1. The molecule has 108 valence electrons. The number of nitrogens with one attached hydrogen (secondary N) is 1. The number of aryl methyl sites for hydroxylation is 1. The fourth-order valence-corrected chi connectivity index (χ4v) is 3.34. The van der Waals surface area contributed by atoms with E-state index in [1.807, 2.05) is 24.3 Å². The van der Waals surface area contributed by atoms with Crippen molar-refractivity contribution in [2.24, 2.45) is 0 Å². The molecule has 0 saturated carbocycles. The minimum absolute atomic E-state index is 0.101. The van der Waals surface area contributed by atoms with Gasteiger partial charge in [0.25, 0.3) is 0 Å². The van der Waals surface area contributed by atoms with Gasteiger partial charge in [-0.3, -0.25) is 0 Å². The van der Waals surface area contributed by atoms with Gasteiger partial charge in [-0.25, -0.2) is 4.98 Å². The van der Waals surface area contributed by atoms with E-state index >= 15 is 0 Å². The van der Waals surface area contributed by atoms with Crippen LogP contribution >= 0.6 is 22.9 Å². The van der Waals surface area contributed by atoms with Crippen LogP contribution in [0, 0.1) is 6.92 Å². The molecule has 0 aliphatic rings. The Morgan fingerprint density at radius 3 is 2.55 bits per heavy atom. The number of halogens is 1. The van der Waals surface area contributed by atoms with Crippen LogP contribution in [0.15, 0.2) is 24.3 Å². The van der Waals surface area contributed by atoms with Crippen LogP contribution in [0.3, 0.4) is 0 Å². The van der Waals surface area contributed by atoms with Crippen molar-refractivity contribution in [3.8, 4) is 0 Å². The van der Waals surface area contributed by atoms with Crippen molar-refractivity contribution in [3.63, 3.8) is 0 Å². The molecule has 0 amide bonds. The normalized spacial score (nSPS) is 13.3. The highest BCUT2D eigenvalue weighted by Crippen LogP contribution is 2.34. The standard InChI is InChI=1S/C16H21ClN2S/c1-10(18-13-8-6-7-12(17)9-13)14-11(2)19-15(20-14)16(3,4)5/h6-10,18H,1-5H3. The first-order valence-electron chi connectivity index (χ1n) is 6.77. The minimum Gasteiger partial charge on any atom is -0.378 e. The second-order valence-electron chi connectivity index (χ2n) is 6.10. The van der Waals surface area contributed by atoms with Gasteiger partial charge in [0, 0.05) is 21.0 Å². The summed E-state index contributed by atoms with van der Waals surface area (Å²) in [6, 6.07) is 8.04. The van der Waals surface area contributed by atoms with Crippen molar-refractivity contribution in [2.75, 3.05) is 5.32 Å². The topological polar surface area (TPSA) is 24.9 Å². The van der Waals surface area contributed by atoms with Gasteiger partial charge in [-0.1, -0.05) is 38.4 Å². The molecule has 0 saturated heterocycles. The van der Waals surface area contributed by atoms with Gasteiger partial charge in [0.15, 0.2) is 0 Å². The molecule has 0 aliphatic carbocycles. The van der Waals surface area contributed by atoms with E-state index in [9.17, 15) is 0 Å². The number of hydrogen-bond donors (Lipinski definition) is 1. The number of benzene rings is 1. The first-order valence-corrected chi connectivity index (χ1v) is 7.96. The Bertz CT molecular complexity index is 599. The summed E-state index contributed by atoms with van der Waals surface area (Å²) in [5, 5.41) is 5.42. The Hall–Kier alpha value is -1.06. The average Bonchev–Trinajstić information content (AvgIpc) is 2.71. The van der Waals surface area contributed by atoms with Crippen LogP contribution < -0.4 is 5.32 Å². The van der Waals surface area contributed by atoms with Crippen LogP contribution in [0.4, 0.5) is 5.69 Å². The van der Waals surface area contributed by atoms with E-state index < -0.39 is 0 Å². The average molecular weight is 309 g/mol. The van der Waals surface area contributed by atoms with Gasteiger partial charge in [0.1, 0.15) is 0 Å². The van der Waals surface area contributed by atoms with Crippen LogP contribution in [0.5, 0.6) is 0 Å². The molecule has 2 rings (SSSR count). The van der Waals surface area contributed by atoms with E-state index in [2.05, 4.69) is 39.9 Å². The first kappa shape index (κ1) is 15.3. The van der Waals surface area contributed by atoms with Crippen LogP contribution in [-0.4, -0.2) is 4.98 Å². The summed E-state index contributed by atoms with van der Waals surface area (Å²) in [5.41, 5.74) is 2.25. The van der Waals surface area contributed by atoms with Crippen LogP contribution in [-0.2, 0) is 5.41 Å². The summed E-state index contributed by atoms with van der Waals surface area (Å²) in [6.45, 7) is 10.8. The van der Waals surface area contributed by atoms with Crippen molar-refractivity contribution in [2.45, 2.75) is 46.1 Å². The zero-order valence-electron chi connectivity index (χ0n) is 12.6. The molecular weight excluding hydrogens is 288 g/mol. The monoisotopic (exact) mass is 308 g/mol. The Morgan fingerprint density at radius 1 is 1.30 bits per heavy atom. The summed E-state index contributed by atoms with van der Waals surface area (Å²) in [7, 11) is 0. The predicted octanol–water partition coefficient (Wildman–Crippen LogP) is 5.58. The molecule has 0 fully saturated rings. The number of aromatic nitrogens is 1. The Balaban J connectivity index is 2.21. The Morgan fingerprint density at radius 2 is 2.00 bits per heavy atom. The summed E-state index contributed by atoms with van der Waals surface area (Å²) in [6.07, 6.45) is 0. The molecular formula is C16H21ClN2S. The predicted molar refractivity (Wildman–Crippen MR) is 89.0 cm³/mol. The first-order chi connectivity index (χ1) is 9.27. The molecule has 0 spiro atoms. The van der Waals surface area contributed by atoms with E-state index in [1.54, 1.807) is 11.3 Å². The molecule has 1 atom stereocenters. The molecule has 1 unspecified atom stereocenters. The fourth-order valence-electron chi connectivity index (χ4n) is 2.02. The summed E-state index contributed by atoms with van der Waals surface area (Å²) in [4.78, 5) is 6.00. The third-order valence-electron chi connectivity index (χ3n) is 3.08. The lowest BCUT2D eigenvalue weighted by molar-refractivity contribution is 0.584. The molecule has 0 radical (unpaired) electrons. The summed E-state index contributed by atoms with van der Waals surface area (Å²) < 4.78 is 0. The molecule has 1 heterocycles. The van der Waals surface area contributed by atoms with Crippen molar-refractivity contribution < 1.29 is 0 Å². The van der Waals surface area contributed by atoms with E-state index in [0.29, 0.717) is 0 Å². The minimum atomic E-state index is 0.101. The second-order valence-corrected chi connectivity index (χ2v) is 7.56. The Labute approximate surface area is 130 Å². The quantitative estimate of drug-likeness (QED) is 0.801. The third-order valence-corrected chi connectivity index (χ3v) is 5.08. The summed E-state index contributed by atoms with van der Waals surface area (Å²) in [5.74, 6) is 0. The van der Waals surface area contributed by atoms with Crippen molar-refractivity contribution >= 4 is 28.6 Å². The zero-order valence-corrected chi connectivity index (χ0v) is 14.2. The molecule has 0 bridgehead atoms. The van der Waals surface area contributed by atoms with E-state index in [4.69, 9.17) is 16.6 Å². The van der Waals surface area contributed by atoms with Gasteiger partial charge >= 0.3 is 0 Å². The largest absolute Gasteiger partial charge is 0.378 e. The number of anilines is 1. The SMILES string of the molecule is Cc1nc(C(C)(C)C)sc1C(C)Nc1cccc(Cl)c1. The second kappa shape index (κ2) is 5.74. The maximum atomic E-state index is 6.02. The third kappa shape index (κ3) is 3.53. The maximum absolute atomic E-state index is 6.02. The van der Waals surface area contributed by atoms with Gasteiger partial charge < -0.3 is 5.32 Å². The molecule has 1 N–H and O–H groups in total. The molecule has 0 aliphatic heterocycles. The van der Waals surface area contributed by atoms with Crippen molar-refractivity contribution in [3.05, 3.63) is 44.9 Å². The maximum Gasteiger partial charge on any atom is 0.0985 e. The summed E-state index contributed by atoms with van der Waals surface area (Å²) >= 11 is 7.81. The number of nitrogens with zero attached hydrogens (tertiary/aromatic N) is 1. The van der Waals surface area contributed by atoms with Crippen LogP contribution in [0.1, 0.15) is 49.3 Å². The van der Waals surface area contributed by atoms with Crippen molar-refractivity contribution in [1.82, 2.24) is 4.98 Å². The highest BCUT2D eigenvalue weighted by atomic mass is 35.5. The fraction of sp³-hybridized carbons (Fsp3) is 0.438. The molecule has 20 heavy (non-hydrogen) atoms. The molecule has 1 aromatic heterocycles. The van der Waals surface area contributed by atoms with Crippen molar-refractivity contribution in [1.29, 1.82) is 0 Å². The van der Waals surface area contributed by atoms with E-state index in [-0.39, 0.29) is 11.5 Å². The van der Waals surface area contributed by atoms with Gasteiger partial charge in [-0.05, 0) is 32.0 Å². The van der Waals surface area contributed by atoms with Gasteiger partial charge in [-0.15, -0.1) is 11.3 Å². The molecule has 2 aromatic rings. The van der Waals surface area contributed by atoms with Gasteiger partial charge in [-0.2, -0.15) is 0 Å². The van der Waals surface area contributed by atoms with Gasteiger partial charge in [0.05, 0.1) is 16.7 Å². The molecule has 4 heteroatoms. The van der Waals surface area contributed by atoms with Crippen LogP contribution in [0.25, 0.3) is 0 Å². The van der Waals surface area contributed by atoms with Gasteiger partial charge in [0.2, 0.25) is 0 Å². The number of hydrogen-bond acceptors (Lipinski definition) is 3. The highest BCUT2D eigenvalue weighted by Gasteiger charge is 2.22. The molecule has 2 nitrogen and oxygen atoms in total. The lowest BCUT2D eigenvalue weighted by Crippen LogP contribution is -2.10. The zero-order chi connectivity index (χ0) is 14.9. The Kier molecular flexibility index (Phi) is 4.40. The number of rotatable bonds is 3. The van der Waals surface area contributed by atoms with E-state index in [1.165, 1.54) is 9.88 Å². The molecule has 1 aromatic carbocycles. The smallest absolute Gasteiger partial charge is 0.0985 e. The lowest BCUT2D eigenvalue weighted by Gasteiger charge is -2.15. The van der Waals surface area contributed by atoms with Crippen LogP contribution in [0.2, 0.25) is 5.02 Å².